The van der Waals surface area contributed by atoms with E-state index in [2.05, 4.69) is 35.6 Å². The number of piperidine rings is 1. The van der Waals surface area contributed by atoms with Crippen molar-refractivity contribution in [3.05, 3.63) is 35.9 Å². The van der Waals surface area contributed by atoms with Gasteiger partial charge in [-0.1, -0.05) is 30.3 Å². The van der Waals surface area contributed by atoms with E-state index in [1.807, 2.05) is 0 Å². The lowest BCUT2D eigenvalue weighted by atomic mass is 9.87. The molecule has 2 aliphatic rings. The van der Waals surface area contributed by atoms with E-state index in [4.69, 9.17) is 5.73 Å². The van der Waals surface area contributed by atoms with Crippen molar-refractivity contribution in [1.29, 1.82) is 0 Å². The molecule has 2 fully saturated rings. The van der Waals surface area contributed by atoms with Gasteiger partial charge in [-0.15, -0.1) is 0 Å². The van der Waals surface area contributed by atoms with E-state index in [-0.39, 0.29) is 5.54 Å². The fourth-order valence-corrected chi connectivity index (χ4v) is 3.24. The minimum Gasteiger partial charge on any atom is -0.326 e. The quantitative estimate of drug-likeness (QED) is 0.759. The highest BCUT2D eigenvalue weighted by Crippen LogP contribution is 2.40. The summed E-state index contributed by atoms with van der Waals surface area (Å²) < 4.78 is 0. The maximum atomic E-state index is 6.30. The van der Waals surface area contributed by atoms with Crippen molar-refractivity contribution in [3.63, 3.8) is 0 Å². The smallest absolute Gasteiger partial charge is 0.0377 e. The van der Waals surface area contributed by atoms with Crippen LogP contribution in [0.15, 0.2) is 30.3 Å². The molecule has 1 saturated carbocycles. The van der Waals surface area contributed by atoms with Gasteiger partial charge in [-0.05, 0) is 30.7 Å². The second kappa shape index (κ2) is 3.32. The van der Waals surface area contributed by atoms with Gasteiger partial charge in [-0.2, -0.15) is 0 Å². The Morgan fingerprint density at radius 2 is 2.13 bits per heavy atom. The Morgan fingerprint density at radius 3 is 2.67 bits per heavy atom. The largest absolute Gasteiger partial charge is 0.326 e. The highest BCUT2D eigenvalue weighted by molar-refractivity contribution is 5.23. The average Bonchev–Trinajstić information content (AvgIpc) is 2.73. The molecule has 3 N–H and O–H groups in total. The molecule has 3 unspecified atom stereocenters. The summed E-state index contributed by atoms with van der Waals surface area (Å²) in [6.45, 7) is 1.12. The van der Waals surface area contributed by atoms with Gasteiger partial charge in [-0.25, -0.2) is 0 Å². The van der Waals surface area contributed by atoms with Crippen LogP contribution in [0.2, 0.25) is 0 Å². The predicted octanol–water partition coefficient (Wildman–Crippen LogP) is 1.31. The first-order chi connectivity index (χ1) is 7.30. The zero-order valence-corrected chi connectivity index (χ0v) is 8.95. The lowest BCUT2D eigenvalue weighted by molar-refractivity contribution is 0.341. The molecule has 15 heavy (non-hydrogen) atoms. The van der Waals surface area contributed by atoms with Crippen LogP contribution in [0.3, 0.4) is 0 Å². The van der Waals surface area contributed by atoms with Crippen LogP contribution in [0.4, 0.5) is 0 Å². The van der Waals surface area contributed by atoms with Gasteiger partial charge in [0, 0.05) is 18.1 Å². The second-order valence-corrected chi connectivity index (χ2v) is 5.02. The first kappa shape index (κ1) is 9.37. The van der Waals surface area contributed by atoms with Crippen molar-refractivity contribution in [2.24, 2.45) is 11.7 Å². The zero-order valence-electron chi connectivity index (χ0n) is 8.95. The van der Waals surface area contributed by atoms with Crippen LogP contribution in [0.5, 0.6) is 0 Å². The molecule has 3 atom stereocenters. The summed E-state index contributed by atoms with van der Waals surface area (Å²) in [5.41, 5.74) is 7.91. The first-order valence-electron chi connectivity index (χ1n) is 5.85. The molecule has 0 amide bonds. The molecule has 0 radical (unpaired) electrons. The normalized spacial score (nSPS) is 38.5. The molecule has 1 aliphatic carbocycles. The number of fused-ring (bicyclic) bond motifs is 2. The Hall–Kier alpha value is -0.860. The van der Waals surface area contributed by atoms with Crippen molar-refractivity contribution in [2.45, 2.75) is 30.8 Å². The molecule has 2 nitrogen and oxygen atoms in total. The lowest BCUT2D eigenvalue weighted by Gasteiger charge is -2.30. The Labute approximate surface area is 90.9 Å². The summed E-state index contributed by atoms with van der Waals surface area (Å²) in [6, 6.07) is 11.1. The van der Waals surface area contributed by atoms with Crippen LogP contribution in [0.1, 0.15) is 18.4 Å². The van der Waals surface area contributed by atoms with Crippen LogP contribution in [0, 0.1) is 5.92 Å². The van der Waals surface area contributed by atoms with Crippen LogP contribution in [0.25, 0.3) is 0 Å². The minimum atomic E-state index is 0.200. The summed E-state index contributed by atoms with van der Waals surface area (Å²) in [6.07, 6.45) is 3.64. The van der Waals surface area contributed by atoms with E-state index in [0.29, 0.717) is 12.0 Å². The van der Waals surface area contributed by atoms with E-state index in [1.165, 1.54) is 18.4 Å². The zero-order chi connectivity index (χ0) is 10.3. The maximum absolute atomic E-state index is 6.30. The molecule has 2 bridgehead atoms. The number of rotatable bonds is 2. The third-order valence-electron chi connectivity index (χ3n) is 4.19. The highest BCUT2D eigenvalue weighted by atomic mass is 15.1. The average molecular weight is 202 g/mol. The fraction of sp³-hybridized carbons (Fsp3) is 0.538. The van der Waals surface area contributed by atoms with E-state index in [1.54, 1.807) is 0 Å². The lowest BCUT2D eigenvalue weighted by Crippen LogP contribution is -2.51. The van der Waals surface area contributed by atoms with Gasteiger partial charge >= 0.3 is 0 Å². The minimum absolute atomic E-state index is 0.200. The fourth-order valence-electron chi connectivity index (χ4n) is 3.24. The molecule has 1 aliphatic heterocycles. The third kappa shape index (κ3) is 1.40. The molecule has 0 aromatic heterocycles. The van der Waals surface area contributed by atoms with Crippen molar-refractivity contribution >= 4 is 0 Å². The SMILES string of the molecule is NC1C2CCC1(Cc1ccccc1)NC2. The standard InChI is InChI=1S/C13H18N2/c14-12-11-6-7-13(12,15-9-11)8-10-4-2-1-3-5-10/h1-5,11-12,15H,6-9,14H2. The highest BCUT2D eigenvalue weighted by Gasteiger charge is 2.51. The molecule has 80 valence electrons. The summed E-state index contributed by atoms with van der Waals surface area (Å²) in [7, 11) is 0. The summed E-state index contributed by atoms with van der Waals surface area (Å²) in [5.74, 6) is 0.716. The van der Waals surface area contributed by atoms with Crippen LogP contribution >= 0.6 is 0 Å². The van der Waals surface area contributed by atoms with Gasteiger partial charge in [0.25, 0.3) is 0 Å². The second-order valence-electron chi connectivity index (χ2n) is 5.02. The molecular formula is C13H18N2. The van der Waals surface area contributed by atoms with Crippen molar-refractivity contribution in [3.8, 4) is 0 Å². The number of nitrogens with two attached hydrogens (primary N) is 1. The topological polar surface area (TPSA) is 38.0 Å². The molecule has 2 heteroatoms. The predicted molar refractivity (Wildman–Crippen MR) is 61.6 cm³/mol. The van der Waals surface area contributed by atoms with Gasteiger partial charge in [0.1, 0.15) is 0 Å². The van der Waals surface area contributed by atoms with Crippen molar-refractivity contribution < 1.29 is 0 Å². The van der Waals surface area contributed by atoms with Gasteiger partial charge in [0.05, 0.1) is 0 Å². The van der Waals surface area contributed by atoms with Gasteiger partial charge in [-0.3, -0.25) is 0 Å². The third-order valence-corrected chi connectivity index (χ3v) is 4.19. The Morgan fingerprint density at radius 1 is 1.33 bits per heavy atom. The van der Waals surface area contributed by atoms with Crippen LogP contribution in [-0.2, 0) is 6.42 Å². The number of hydrogen-bond acceptors (Lipinski definition) is 2. The van der Waals surface area contributed by atoms with Gasteiger partial charge < -0.3 is 11.1 Å². The molecule has 1 heterocycles. The van der Waals surface area contributed by atoms with E-state index < -0.39 is 0 Å². The molecule has 1 saturated heterocycles. The maximum Gasteiger partial charge on any atom is 0.0377 e. The molecular weight excluding hydrogens is 184 g/mol. The first-order valence-corrected chi connectivity index (χ1v) is 5.85. The van der Waals surface area contributed by atoms with Gasteiger partial charge in [0.15, 0.2) is 0 Å². The number of nitrogens with one attached hydrogen (secondary N) is 1. The Bertz CT molecular complexity index is 339. The molecule has 3 rings (SSSR count). The number of benzene rings is 1. The van der Waals surface area contributed by atoms with Crippen LogP contribution in [-0.4, -0.2) is 18.1 Å². The van der Waals surface area contributed by atoms with Gasteiger partial charge in [0.2, 0.25) is 0 Å². The van der Waals surface area contributed by atoms with E-state index in [0.717, 1.165) is 13.0 Å². The summed E-state index contributed by atoms with van der Waals surface area (Å²) >= 11 is 0. The monoisotopic (exact) mass is 202 g/mol. The Balaban J connectivity index is 1.83. The molecule has 1 aromatic carbocycles. The summed E-state index contributed by atoms with van der Waals surface area (Å²) in [4.78, 5) is 0. The Kier molecular flexibility index (Phi) is 2.08. The van der Waals surface area contributed by atoms with Crippen molar-refractivity contribution in [1.82, 2.24) is 5.32 Å². The van der Waals surface area contributed by atoms with E-state index >= 15 is 0 Å². The molecule has 1 aromatic rings. The van der Waals surface area contributed by atoms with Crippen LogP contribution < -0.4 is 11.1 Å². The molecule has 0 spiro atoms. The summed E-state index contributed by atoms with van der Waals surface area (Å²) in [5, 5.41) is 3.64. The number of hydrogen-bond donors (Lipinski definition) is 2. The van der Waals surface area contributed by atoms with Crippen molar-refractivity contribution in [2.75, 3.05) is 6.54 Å². The van der Waals surface area contributed by atoms with E-state index in [9.17, 15) is 0 Å².